The number of hydrogen-bond donors (Lipinski definition) is 1. The van der Waals surface area contributed by atoms with Crippen LogP contribution in [0.15, 0.2) is 18.2 Å². The van der Waals surface area contributed by atoms with Crippen molar-refractivity contribution in [2.75, 3.05) is 19.6 Å². The molecule has 0 aliphatic carbocycles. The summed E-state index contributed by atoms with van der Waals surface area (Å²) in [6, 6.07) is 5.26. The molecule has 1 aromatic rings. The summed E-state index contributed by atoms with van der Waals surface area (Å²) >= 11 is 0. The zero-order chi connectivity index (χ0) is 15.0. The van der Waals surface area contributed by atoms with Crippen molar-refractivity contribution in [3.8, 4) is 0 Å². The van der Waals surface area contributed by atoms with Crippen LogP contribution in [0, 0.1) is 23.0 Å². The molecule has 112 valence electrons. The Labute approximate surface area is 123 Å². The molecule has 2 fully saturated rings. The first-order valence-electron chi connectivity index (χ1n) is 7.34. The Morgan fingerprint density at radius 2 is 2.24 bits per heavy atom. The van der Waals surface area contributed by atoms with E-state index >= 15 is 0 Å². The van der Waals surface area contributed by atoms with Gasteiger partial charge < -0.3 is 10.2 Å². The molecule has 6 heteroatoms. The fourth-order valence-corrected chi connectivity index (χ4v) is 3.35. The maximum Gasteiger partial charge on any atom is 0.273 e. The quantitative estimate of drug-likeness (QED) is 0.664. The van der Waals surface area contributed by atoms with Crippen molar-refractivity contribution in [2.45, 2.75) is 25.8 Å². The number of carbonyl (C=O) groups is 1. The number of fused-ring (bicyclic) bond motifs is 1. The molecule has 0 saturated carbocycles. The Hall–Kier alpha value is -1.95. The van der Waals surface area contributed by atoms with Gasteiger partial charge in [-0.3, -0.25) is 14.9 Å². The van der Waals surface area contributed by atoms with Crippen LogP contribution in [-0.2, 0) is 0 Å². The fraction of sp³-hybridized carbons (Fsp3) is 0.533. The van der Waals surface area contributed by atoms with Crippen LogP contribution in [0.25, 0.3) is 0 Å². The maximum atomic E-state index is 12.6. The van der Waals surface area contributed by atoms with Crippen LogP contribution < -0.4 is 5.32 Å². The Morgan fingerprint density at radius 3 is 3.00 bits per heavy atom. The van der Waals surface area contributed by atoms with E-state index in [1.54, 1.807) is 19.1 Å². The van der Waals surface area contributed by atoms with Crippen molar-refractivity contribution in [1.29, 1.82) is 0 Å². The van der Waals surface area contributed by atoms with Crippen molar-refractivity contribution in [3.63, 3.8) is 0 Å². The SMILES string of the molecule is Cc1ccc(C(=O)N2CCC3NCCC3C2)cc1[N+](=O)[O-]. The van der Waals surface area contributed by atoms with Gasteiger partial charge in [0.15, 0.2) is 0 Å². The Bertz CT molecular complexity index is 588. The van der Waals surface area contributed by atoms with Gasteiger partial charge in [0.1, 0.15) is 0 Å². The van der Waals surface area contributed by atoms with E-state index in [-0.39, 0.29) is 11.6 Å². The predicted molar refractivity (Wildman–Crippen MR) is 78.3 cm³/mol. The number of nitro benzene ring substituents is 1. The minimum Gasteiger partial charge on any atom is -0.338 e. The molecule has 3 rings (SSSR count). The number of piperidine rings is 1. The van der Waals surface area contributed by atoms with Gasteiger partial charge in [-0.25, -0.2) is 0 Å². The lowest BCUT2D eigenvalue weighted by molar-refractivity contribution is -0.385. The molecule has 0 aromatic heterocycles. The Kier molecular flexibility index (Phi) is 3.63. The normalized spacial score (nSPS) is 24.7. The smallest absolute Gasteiger partial charge is 0.273 e. The molecule has 0 radical (unpaired) electrons. The molecule has 0 spiro atoms. The van der Waals surface area contributed by atoms with Crippen molar-refractivity contribution in [1.82, 2.24) is 10.2 Å². The first-order chi connectivity index (χ1) is 10.1. The van der Waals surface area contributed by atoms with Gasteiger partial charge in [0, 0.05) is 36.3 Å². The number of amides is 1. The maximum absolute atomic E-state index is 12.6. The summed E-state index contributed by atoms with van der Waals surface area (Å²) in [6.07, 6.45) is 2.06. The lowest BCUT2D eigenvalue weighted by Crippen LogP contribution is -2.46. The number of likely N-dealkylation sites (tertiary alicyclic amines) is 1. The second-order valence-electron chi connectivity index (χ2n) is 5.91. The summed E-state index contributed by atoms with van der Waals surface area (Å²) in [5.41, 5.74) is 1.00. The second-order valence-corrected chi connectivity index (χ2v) is 5.91. The van der Waals surface area contributed by atoms with Crippen LogP contribution in [0.3, 0.4) is 0 Å². The minimum atomic E-state index is -0.431. The van der Waals surface area contributed by atoms with Crippen molar-refractivity contribution >= 4 is 11.6 Å². The van der Waals surface area contributed by atoms with E-state index < -0.39 is 4.92 Å². The first-order valence-corrected chi connectivity index (χ1v) is 7.34. The molecule has 1 amide bonds. The van der Waals surface area contributed by atoms with Gasteiger partial charge in [-0.2, -0.15) is 0 Å². The summed E-state index contributed by atoms with van der Waals surface area (Å²) in [7, 11) is 0. The average Bonchev–Trinajstić information content (AvgIpc) is 2.94. The van der Waals surface area contributed by atoms with Crippen LogP contribution in [0.5, 0.6) is 0 Å². The van der Waals surface area contributed by atoms with Gasteiger partial charge in [-0.15, -0.1) is 0 Å². The van der Waals surface area contributed by atoms with E-state index in [9.17, 15) is 14.9 Å². The number of hydrogen-bond acceptors (Lipinski definition) is 4. The second kappa shape index (κ2) is 5.44. The van der Waals surface area contributed by atoms with Crippen molar-refractivity contribution in [3.05, 3.63) is 39.4 Å². The molecule has 2 heterocycles. The van der Waals surface area contributed by atoms with Gasteiger partial charge >= 0.3 is 0 Å². The molecular formula is C15H19N3O3. The monoisotopic (exact) mass is 289 g/mol. The van der Waals surface area contributed by atoms with Gasteiger partial charge in [-0.05, 0) is 38.3 Å². The van der Waals surface area contributed by atoms with Crippen LogP contribution in [0.2, 0.25) is 0 Å². The van der Waals surface area contributed by atoms with Crippen LogP contribution in [-0.4, -0.2) is 41.4 Å². The molecule has 1 aromatic carbocycles. The summed E-state index contributed by atoms with van der Waals surface area (Å²) in [6.45, 7) is 4.17. The molecule has 6 nitrogen and oxygen atoms in total. The summed E-state index contributed by atoms with van der Waals surface area (Å²) < 4.78 is 0. The molecule has 2 aliphatic rings. The van der Waals surface area contributed by atoms with E-state index in [0.29, 0.717) is 29.6 Å². The van der Waals surface area contributed by atoms with Crippen LogP contribution in [0.4, 0.5) is 5.69 Å². The Morgan fingerprint density at radius 1 is 1.43 bits per heavy atom. The predicted octanol–water partition coefficient (Wildman–Crippen LogP) is 1.73. The molecule has 2 aliphatic heterocycles. The number of nitrogens with zero attached hydrogens (tertiary/aromatic N) is 2. The lowest BCUT2D eigenvalue weighted by atomic mass is 9.93. The molecule has 1 N–H and O–H groups in total. The van der Waals surface area contributed by atoms with E-state index in [2.05, 4.69) is 5.32 Å². The molecule has 0 bridgehead atoms. The van der Waals surface area contributed by atoms with Gasteiger partial charge in [-0.1, -0.05) is 6.07 Å². The number of benzene rings is 1. The van der Waals surface area contributed by atoms with E-state index in [4.69, 9.17) is 0 Å². The van der Waals surface area contributed by atoms with Gasteiger partial charge in [0.25, 0.3) is 11.6 Å². The van der Waals surface area contributed by atoms with Crippen molar-refractivity contribution < 1.29 is 9.72 Å². The summed E-state index contributed by atoms with van der Waals surface area (Å²) in [5.74, 6) is 0.423. The third-order valence-electron chi connectivity index (χ3n) is 4.60. The fourth-order valence-electron chi connectivity index (χ4n) is 3.35. The molecule has 21 heavy (non-hydrogen) atoms. The first kappa shape index (κ1) is 14.0. The highest BCUT2D eigenvalue weighted by atomic mass is 16.6. The lowest BCUT2D eigenvalue weighted by Gasteiger charge is -2.34. The molecular weight excluding hydrogens is 270 g/mol. The zero-order valence-electron chi connectivity index (χ0n) is 12.0. The number of nitro groups is 1. The van der Waals surface area contributed by atoms with Gasteiger partial charge in [0.2, 0.25) is 0 Å². The van der Waals surface area contributed by atoms with E-state index in [0.717, 1.165) is 25.9 Å². The Balaban J connectivity index is 1.79. The third-order valence-corrected chi connectivity index (χ3v) is 4.60. The number of nitrogens with one attached hydrogen (secondary N) is 1. The highest BCUT2D eigenvalue weighted by Crippen LogP contribution is 2.26. The number of rotatable bonds is 2. The number of carbonyl (C=O) groups excluding carboxylic acids is 1. The van der Waals surface area contributed by atoms with E-state index in [1.807, 2.05) is 4.90 Å². The van der Waals surface area contributed by atoms with Crippen LogP contribution in [0.1, 0.15) is 28.8 Å². The standard InChI is InChI=1S/C15H19N3O3/c1-10-2-3-11(8-14(10)18(20)21)15(19)17-7-5-13-12(9-17)4-6-16-13/h2-3,8,12-13,16H,4-7,9H2,1H3. The zero-order valence-corrected chi connectivity index (χ0v) is 12.0. The number of aryl methyl sites for hydroxylation is 1. The topological polar surface area (TPSA) is 75.5 Å². The highest BCUT2D eigenvalue weighted by molar-refractivity contribution is 5.95. The molecule has 2 saturated heterocycles. The van der Waals surface area contributed by atoms with Crippen LogP contribution >= 0.6 is 0 Å². The summed E-state index contributed by atoms with van der Waals surface area (Å²) in [4.78, 5) is 25.0. The van der Waals surface area contributed by atoms with Gasteiger partial charge in [0.05, 0.1) is 4.92 Å². The largest absolute Gasteiger partial charge is 0.338 e. The third kappa shape index (κ3) is 2.63. The summed E-state index contributed by atoms with van der Waals surface area (Å²) in [5, 5.41) is 14.5. The molecule has 2 unspecified atom stereocenters. The minimum absolute atomic E-state index is 0.0123. The van der Waals surface area contributed by atoms with E-state index in [1.165, 1.54) is 6.07 Å². The average molecular weight is 289 g/mol. The highest BCUT2D eigenvalue weighted by Gasteiger charge is 2.34. The molecule has 2 atom stereocenters. The van der Waals surface area contributed by atoms with Crippen molar-refractivity contribution in [2.24, 2.45) is 5.92 Å².